The summed E-state index contributed by atoms with van der Waals surface area (Å²) in [6.07, 6.45) is 0.767. The summed E-state index contributed by atoms with van der Waals surface area (Å²) in [7, 11) is 1.75. The molecule has 3 amide bonds. The Morgan fingerprint density at radius 2 is 2.00 bits per heavy atom. The van der Waals surface area contributed by atoms with Gasteiger partial charge in [0.15, 0.2) is 0 Å². The SMILES string of the molecule is CC[C@@H](C)C(=O)N1C(=O)N(C)C[C@H]1C(C)(C)C. The summed E-state index contributed by atoms with van der Waals surface area (Å²) < 4.78 is 0. The van der Waals surface area contributed by atoms with Crippen LogP contribution < -0.4 is 0 Å². The number of carbonyl (C=O) groups excluding carboxylic acids is 2. The quantitative estimate of drug-likeness (QED) is 0.743. The molecular formula is C13H24N2O2. The van der Waals surface area contributed by atoms with Crippen molar-refractivity contribution in [1.82, 2.24) is 9.80 Å². The van der Waals surface area contributed by atoms with Gasteiger partial charge in [-0.15, -0.1) is 0 Å². The maximum Gasteiger partial charge on any atom is 0.326 e. The van der Waals surface area contributed by atoms with E-state index in [-0.39, 0.29) is 29.3 Å². The molecule has 2 atom stereocenters. The molecule has 0 radical (unpaired) electrons. The molecule has 1 heterocycles. The van der Waals surface area contributed by atoms with Gasteiger partial charge in [0.25, 0.3) is 0 Å². The van der Waals surface area contributed by atoms with Gasteiger partial charge in [-0.3, -0.25) is 9.69 Å². The Morgan fingerprint density at radius 1 is 1.47 bits per heavy atom. The summed E-state index contributed by atoms with van der Waals surface area (Å²) in [5.74, 6) is -0.128. The van der Waals surface area contributed by atoms with Crippen LogP contribution in [0.15, 0.2) is 0 Å². The molecule has 17 heavy (non-hydrogen) atoms. The largest absolute Gasteiger partial charge is 0.326 e. The van der Waals surface area contributed by atoms with Gasteiger partial charge in [-0.25, -0.2) is 4.79 Å². The van der Waals surface area contributed by atoms with E-state index in [9.17, 15) is 9.59 Å². The van der Waals surface area contributed by atoms with E-state index >= 15 is 0 Å². The standard InChI is InChI=1S/C13H24N2O2/c1-7-9(2)11(16)15-10(13(3,4)5)8-14(6)12(15)17/h9-10H,7-8H2,1-6H3/t9-,10+/m1/s1. The van der Waals surface area contributed by atoms with Crippen molar-refractivity contribution in [3.05, 3.63) is 0 Å². The number of imide groups is 1. The highest BCUT2D eigenvalue weighted by atomic mass is 16.2. The summed E-state index contributed by atoms with van der Waals surface area (Å²) in [4.78, 5) is 27.4. The first-order chi connectivity index (χ1) is 7.70. The van der Waals surface area contributed by atoms with Gasteiger partial charge in [-0.2, -0.15) is 0 Å². The maximum absolute atomic E-state index is 12.3. The van der Waals surface area contributed by atoms with Gasteiger partial charge in [-0.1, -0.05) is 34.6 Å². The van der Waals surface area contributed by atoms with Crippen molar-refractivity contribution in [3.8, 4) is 0 Å². The molecule has 0 aromatic carbocycles. The molecule has 1 saturated heterocycles. The Balaban J connectivity index is 3.00. The molecule has 4 heteroatoms. The maximum atomic E-state index is 12.3. The lowest BCUT2D eigenvalue weighted by molar-refractivity contribution is -0.134. The van der Waals surface area contributed by atoms with Crippen molar-refractivity contribution in [3.63, 3.8) is 0 Å². The van der Waals surface area contributed by atoms with Crippen LogP contribution in [0.2, 0.25) is 0 Å². The minimum Gasteiger partial charge on any atom is -0.325 e. The van der Waals surface area contributed by atoms with Crippen molar-refractivity contribution in [2.24, 2.45) is 11.3 Å². The lowest BCUT2D eigenvalue weighted by atomic mass is 9.86. The van der Waals surface area contributed by atoms with Gasteiger partial charge >= 0.3 is 6.03 Å². The molecule has 0 aliphatic carbocycles. The molecular weight excluding hydrogens is 216 g/mol. The number of hydrogen-bond donors (Lipinski definition) is 0. The number of hydrogen-bond acceptors (Lipinski definition) is 2. The number of nitrogens with zero attached hydrogens (tertiary/aromatic N) is 2. The second-order valence-electron chi connectivity index (χ2n) is 6.06. The predicted octanol–water partition coefficient (Wildman–Crippen LogP) is 2.34. The van der Waals surface area contributed by atoms with E-state index in [4.69, 9.17) is 0 Å². The Kier molecular flexibility index (Phi) is 3.84. The van der Waals surface area contributed by atoms with E-state index in [1.807, 2.05) is 13.8 Å². The number of rotatable bonds is 2. The number of likely N-dealkylation sites (N-methyl/N-ethyl adjacent to an activating group) is 1. The van der Waals surface area contributed by atoms with Crippen LogP contribution in [0.1, 0.15) is 41.0 Å². The van der Waals surface area contributed by atoms with Crippen LogP contribution in [0.5, 0.6) is 0 Å². The van der Waals surface area contributed by atoms with Gasteiger partial charge < -0.3 is 4.90 Å². The fourth-order valence-corrected chi connectivity index (χ4v) is 2.06. The highest BCUT2D eigenvalue weighted by Crippen LogP contribution is 2.31. The smallest absolute Gasteiger partial charge is 0.325 e. The number of urea groups is 1. The lowest BCUT2D eigenvalue weighted by Gasteiger charge is -2.33. The van der Waals surface area contributed by atoms with Gasteiger partial charge in [-0.05, 0) is 11.8 Å². The van der Waals surface area contributed by atoms with Gasteiger partial charge in [0, 0.05) is 19.5 Å². The molecule has 98 valence electrons. The number of carbonyl (C=O) groups is 2. The van der Waals surface area contributed by atoms with Crippen molar-refractivity contribution >= 4 is 11.9 Å². The zero-order valence-electron chi connectivity index (χ0n) is 11.8. The van der Waals surface area contributed by atoms with Crippen molar-refractivity contribution in [2.75, 3.05) is 13.6 Å². The first kappa shape index (κ1) is 14.0. The van der Waals surface area contributed by atoms with Gasteiger partial charge in [0.05, 0.1) is 6.04 Å². The van der Waals surface area contributed by atoms with E-state index in [1.54, 1.807) is 11.9 Å². The molecule has 0 spiro atoms. The monoisotopic (exact) mass is 240 g/mol. The minimum atomic E-state index is -0.157. The molecule has 0 N–H and O–H groups in total. The first-order valence-corrected chi connectivity index (χ1v) is 6.28. The molecule has 1 fully saturated rings. The summed E-state index contributed by atoms with van der Waals surface area (Å²) in [6.45, 7) is 10.7. The summed E-state index contributed by atoms with van der Waals surface area (Å²) >= 11 is 0. The molecule has 0 bridgehead atoms. The van der Waals surface area contributed by atoms with E-state index < -0.39 is 0 Å². The van der Waals surface area contributed by atoms with E-state index in [2.05, 4.69) is 20.8 Å². The molecule has 0 aromatic rings. The van der Waals surface area contributed by atoms with Crippen molar-refractivity contribution in [1.29, 1.82) is 0 Å². The van der Waals surface area contributed by atoms with Crippen molar-refractivity contribution in [2.45, 2.75) is 47.1 Å². The minimum absolute atomic E-state index is 0.0264. The van der Waals surface area contributed by atoms with Crippen LogP contribution in [0.3, 0.4) is 0 Å². The molecule has 0 aromatic heterocycles. The highest BCUT2D eigenvalue weighted by molar-refractivity contribution is 5.97. The fourth-order valence-electron chi connectivity index (χ4n) is 2.06. The van der Waals surface area contributed by atoms with E-state index in [0.717, 1.165) is 6.42 Å². The average Bonchev–Trinajstić information content (AvgIpc) is 2.53. The van der Waals surface area contributed by atoms with Crippen LogP contribution in [-0.4, -0.2) is 41.4 Å². The molecule has 1 rings (SSSR count). The van der Waals surface area contributed by atoms with Crippen LogP contribution in [0, 0.1) is 11.3 Å². The second-order valence-corrected chi connectivity index (χ2v) is 6.06. The Labute approximate surface area is 104 Å². The Bertz CT molecular complexity index is 320. The van der Waals surface area contributed by atoms with Gasteiger partial charge in [0.1, 0.15) is 0 Å². The third-order valence-electron chi connectivity index (χ3n) is 3.56. The number of amides is 3. The normalized spacial score (nSPS) is 23.2. The highest BCUT2D eigenvalue weighted by Gasteiger charge is 2.45. The van der Waals surface area contributed by atoms with E-state index in [1.165, 1.54) is 4.90 Å². The van der Waals surface area contributed by atoms with Crippen LogP contribution >= 0.6 is 0 Å². The average molecular weight is 240 g/mol. The van der Waals surface area contributed by atoms with Gasteiger partial charge in [0.2, 0.25) is 5.91 Å². The third-order valence-corrected chi connectivity index (χ3v) is 3.56. The van der Waals surface area contributed by atoms with Crippen molar-refractivity contribution < 1.29 is 9.59 Å². The van der Waals surface area contributed by atoms with Crippen LogP contribution in [0.25, 0.3) is 0 Å². The van der Waals surface area contributed by atoms with Crippen LogP contribution in [0.4, 0.5) is 4.79 Å². The molecule has 0 unspecified atom stereocenters. The second kappa shape index (κ2) is 4.67. The zero-order chi connectivity index (χ0) is 13.4. The van der Waals surface area contributed by atoms with E-state index in [0.29, 0.717) is 6.54 Å². The topological polar surface area (TPSA) is 40.6 Å². The first-order valence-electron chi connectivity index (χ1n) is 6.28. The molecule has 1 aliphatic heterocycles. The fraction of sp³-hybridized carbons (Fsp3) is 0.846. The summed E-state index contributed by atoms with van der Waals surface area (Å²) in [5, 5.41) is 0. The Hall–Kier alpha value is -1.06. The zero-order valence-corrected chi connectivity index (χ0v) is 11.8. The molecule has 4 nitrogen and oxygen atoms in total. The summed E-state index contributed by atoms with van der Waals surface area (Å²) in [5.41, 5.74) is -0.0798. The molecule has 0 saturated carbocycles. The lowest BCUT2D eigenvalue weighted by Crippen LogP contribution is -2.47. The summed E-state index contributed by atoms with van der Waals surface area (Å²) in [6, 6.07) is -0.184. The third kappa shape index (κ3) is 2.61. The molecule has 1 aliphatic rings. The van der Waals surface area contributed by atoms with Crippen LogP contribution in [-0.2, 0) is 4.79 Å². The predicted molar refractivity (Wildman–Crippen MR) is 67.6 cm³/mol. The Morgan fingerprint density at radius 3 is 2.41 bits per heavy atom.